The smallest absolute Gasteiger partial charge is 0.308 e. The molecule has 0 radical (unpaired) electrons. The van der Waals surface area contributed by atoms with Crippen LogP contribution in [0.5, 0.6) is 0 Å². The summed E-state index contributed by atoms with van der Waals surface area (Å²) in [4.78, 5) is 50.1. The van der Waals surface area contributed by atoms with E-state index in [0.29, 0.717) is 19.4 Å². The van der Waals surface area contributed by atoms with Crippen LogP contribution in [0.25, 0.3) is 0 Å². The van der Waals surface area contributed by atoms with E-state index < -0.39 is 29.7 Å². The maximum Gasteiger partial charge on any atom is 0.308 e. The number of hydrogen-bond donors (Lipinski definition) is 6. The third-order valence-corrected chi connectivity index (χ3v) is 3.78. The second-order valence-corrected chi connectivity index (χ2v) is 6.24. The van der Waals surface area contributed by atoms with Gasteiger partial charge in [0.25, 0.3) is 0 Å². The van der Waals surface area contributed by atoms with Gasteiger partial charge in [0.1, 0.15) is 6.04 Å². The molecule has 0 aromatic carbocycles. The number of aliphatic carboxylic acids is 1. The van der Waals surface area contributed by atoms with Crippen LogP contribution in [0.1, 0.15) is 26.7 Å². The zero-order chi connectivity index (χ0) is 20.2. The van der Waals surface area contributed by atoms with Crippen LogP contribution in [0.2, 0.25) is 0 Å². The number of nitrogens with zero attached hydrogens (tertiary/aromatic N) is 1. The van der Waals surface area contributed by atoms with E-state index in [4.69, 9.17) is 5.11 Å². The number of guanidine groups is 1. The normalized spacial score (nSPS) is 15.0. The third-order valence-electron chi connectivity index (χ3n) is 3.78. The first-order valence-corrected chi connectivity index (χ1v) is 8.86. The second kappa shape index (κ2) is 11.7. The predicted molar refractivity (Wildman–Crippen MR) is 98.0 cm³/mol. The van der Waals surface area contributed by atoms with Gasteiger partial charge in [0.05, 0.1) is 19.0 Å². The van der Waals surface area contributed by atoms with E-state index in [1.165, 1.54) is 13.8 Å². The molecule has 0 aliphatic carbocycles. The largest absolute Gasteiger partial charge is 0.481 e. The number of nitrogens with one attached hydrogen (secondary N) is 5. The van der Waals surface area contributed by atoms with Crippen molar-refractivity contribution in [3.8, 4) is 0 Å². The zero-order valence-corrected chi connectivity index (χ0v) is 15.6. The van der Waals surface area contributed by atoms with Gasteiger partial charge in [0, 0.05) is 26.6 Å². The van der Waals surface area contributed by atoms with E-state index in [0.717, 1.165) is 19.0 Å². The molecule has 0 bridgehead atoms. The van der Waals surface area contributed by atoms with E-state index in [-0.39, 0.29) is 19.0 Å². The first-order valence-electron chi connectivity index (χ1n) is 8.86. The average Bonchev–Trinajstić information content (AvgIpc) is 3.13. The van der Waals surface area contributed by atoms with E-state index in [9.17, 15) is 19.2 Å². The van der Waals surface area contributed by atoms with Gasteiger partial charge in [-0.15, -0.1) is 0 Å². The Labute approximate surface area is 157 Å². The molecule has 152 valence electrons. The minimum Gasteiger partial charge on any atom is -0.481 e. The number of rotatable bonds is 11. The molecule has 0 fully saturated rings. The van der Waals surface area contributed by atoms with E-state index in [1.54, 1.807) is 0 Å². The van der Waals surface area contributed by atoms with Gasteiger partial charge in [-0.2, -0.15) is 0 Å². The molecule has 11 nitrogen and oxygen atoms in total. The summed E-state index contributed by atoms with van der Waals surface area (Å²) in [5.74, 6) is -2.32. The van der Waals surface area contributed by atoms with E-state index in [1.807, 2.05) is 0 Å². The van der Waals surface area contributed by atoms with Crippen LogP contribution >= 0.6 is 0 Å². The summed E-state index contributed by atoms with van der Waals surface area (Å²) in [6.07, 6.45) is 1.00. The first kappa shape index (κ1) is 22.2. The molecular formula is C16H28N6O5. The summed E-state index contributed by atoms with van der Waals surface area (Å²) in [5.41, 5.74) is 0. The van der Waals surface area contributed by atoms with Crippen LogP contribution in [-0.2, 0) is 19.2 Å². The maximum atomic E-state index is 12.2. The van der Waals surface area contributed by atoms with Crippen molar-refractivity contribution < 1.29 is 24.3 Å². The highest BCUT2D eigenvalue weighted by Crippen LogP contribution is 1.98. The lowest BCUT2D eigenvalue weighted by atomic mass is 10.1. The van der Waals surface area contributed by atoms with Gasteiger partial charge in [-0.25, -0.2) is 0 Å². The summed E-state index contributed by atoms with van der Waals surface area (Å²) in [6, 6.07) is -0.756. The van der Waals surface area contributed by atoms with Crippen LogP contribution in [0.4, 0.5) is 0 Å². The quantitative estimate of drug-likeness (QED) is 0.220. The van der Waals surface area contributed by atoms with E-state index in [2.05, 4.69) is 31.6 Å². The standard InChI is InChI=1S/C16H28N6O5/c1-10(15(26)27)8-20-13(24)9-21-14(25)12(22-11(2)23)4-3-5-17-16-18-6-7-19-16/h10,12H,3-9H2,1-2H3,(H,20,24)(H,21,25)(H,22,23)(H,26,27)(H2,17,18,19)/t10-,12-/m0/s1. The van der Waals surface area contributed by atoms with Gasteiger partial charge >= 0.3 is 5.97 Å². The summed E-state index contributed by atoms with van der Waals surface area (Å²) in [7, 11) is 0. The van der Waals surface area contributed by atoms with Crippen LogP contribution < -0.4 is 26.6 Å². The molecule has 1 heterocycles. The Kier molecular flexibility index (Phi) is 9.62. The van der Waals surface area contributed by atoms with Crippen molar-refractivity contribution >= 4 is 29.7 Å². The number of amides is 3. The molecule has 27 heavy (non-hydrogen) atoms. The molecule has 0 saturated heterocycles. The van der Waals surface area contributed by atoms with Crippen LogP contribution in [0.3, 0.4) is 0 Å². The third kappa shape index (κ3) is 9.42. The Morgan fingerprint density at radius 1 is 1.26 bits per heavy atom. The number of carbonyl (C=O) groups excluding carboxylic acids is 3. The van der Waals surface area contributed by atoms with Gasteiger partial charge in [-0.3, -0.25) is 24.2 Å². The highest BCUT2D eigenvalue weighted by molar-refractivity contribution is 5.90. The molecule has 6 N–H and O–H groups in total. The Morgan fingerprint density at radius 2 is 2.00 bits per heavy atom. The average molecular weight is 384 g/mol. The summed E-state index contributed by atoms with van der Waals surface area (Å²) >= 11 is 0. The molecule has 2 atom stereocenters. The Morgan fingerprint density at radius 3 is 2.59 bits per heavy atom. The second-order valence-electron chi connectivity index (χ2n) is 6.24. The van der Waals surface area contributed by atoms with Crippen molar-refractivity contribution in [3.05, 3.63) is 0 Å². The molecule has 1 aliphatic rings. The Hall–Kier alpha value is -2.85. The van der Waals surface area contributed by atoms with Gasteiger partial charge in [-0.05, 0) is 12.8 Å². The number of carbonyl (C=O) groups is 4. The predicted octanol–water partition coefficient (Wildman–Crippen LogP) is -2.23. The van der Waals surface area contributed by atoms with Crippen molar-refractivity contribution in [1.82, 2.24) is 26.6 Å². The lowest BCUT2D eigenvalue weighted by Gasteiger charge is -2.18. The number of carboxylic acid groups (broad SMARTS) is 1. The topological polar surface area (TPSA) is 161 Å². The van der Waals surface area contributed by atoms with Crippen molar-refractivity contribution in [2.75, 3.05) is 32.7 Å². The molecule has 1 rings (SSSR count). The SMILES string of the molecule is CC(=O)N[C@@H](CCCNC1=NCCN1)C(=O)NCC(=O)NC[C@H](C)C(=O)O. The molecule has 0 aromatic heterocycles. The molecule has 11 heteroatoms. The molecule has 0 unspecified atom stereocenters. The fourth-order valence-corrected chi connectivity index (χ4v) is 2.25. The van der Waals surface area contributed by atoms with Gasteiger partial charge in [0.2, 0.25) is 17.7 Å². The molecule has 3 amide bonds. The minimum absolute atomic E-state index is 0.0250. The lowest BCUT2D eigenvalue weighted by molar-refractivity contribution is -0.141. The van der Waals surface area contributed by atoms with Gasteiger partial charge in [0.15, 0.2) is 5.96 Å². The van der Waals surface area contributed by atoms with Crippen LogP contribution in [0, 0.1) is 5.92 Å². The molecule has 0 spiro atoms. The molecular weight excluding hydrogens is 356 g/mol. The maximum absolute atomic E-state index is 12.2. The van der Waals surface area contributed by atoms with E-state index >= 15 is 0 Å². The van der Waals surface area contributed by atoms with Crippen molar-refractivity contribution in [2.24, 2.45) is 10.9 Å². The summed E-state index contributed by atoms with van der Waals surface area (Å²) in [6.45, 7) is 4.58. The zero-order valence-electron chi connectivity index (χ0n) is 15.6. The summed E-state index contributed by atoms with van der Waals surface area (Å²) in [5, 5.41) is 22.4. The minimum atomic E-state index is -1.02. The highest BCUT2D eigenvalue weighted by atomic mass is 16.4. The van der Waals surface area contributed by atoms with Crippen molar-refractivity contribution in [2.45, 2.75) is 32.7 Å². The van der Waals surface area contributed by atoms with Crippen LogP contribution in [0.15, 0.2) is 4.99 Å². The van der Waals surface area contributed by atoms with Gasteiger partial charge < -0.3 is 31.7 Å². The Bertz CT molecular complexity index is 580. The lowest BCUT2D eigenvalue weighted by Crippen LogP contribution is -2.49. The monoisotopic (exact) mass is 384 g/mol. The number of aliphatic imine (C=N–C) groups is 1. The first-order chi connectivity index (χ1) is 12.8. The molecule has 1 aliphatic heterocycles. The number of hydrogen-bond acceptors (Lipinski definition) is 7. The fraction of sp³-hybridized carbons (Fsp3) is 0.688. The Balaban J connectivity index is 2.34. The fourth-order valence-electron chi connectivity index (χ4n) is 2.25. The summed E-state index contributed by atoms with van der Waals surface area (Å²) < 4.78 is 0. The van der Waals surface area contributed by atoms with Crippen molar-refractivity contribution in [3.63, 3.8) is 0 Å². The molecule has 0 saturated carbocycles. The van der Waals surface area contributed by atoms with Crippen LogP contribution in [-0.4, -0.2) is 73.5 Å². The number of carboxylic acids is 1. The van der Waals surface area contributed by atoms with Gasteiger partial charge in [-0.1, -0.05) is 6.92 Å². The van der Waals surface area contributed by atoms with Crippen molar-refractivity contribution in [1.29, 1.82) is 0 Å². The molecule has 0 aromatic rings. The highest BCUT2D eigenvalue weighted by Gasteiger charge is 2.20.